The molecule has 3 nitrogen and oxygen atoms in total. The van der Waals surface area contributed by atoms with E-state index in [1.165, 1.54) is 19.9 Å². The van der Waals surface area contributed by atoms with Gasteiger partial charge in [-0.05, 0) is 32.0 Å². The highest BCUT2D eigenvalue weighted by atomic mass is 35.5. The Balaban J connectivity index is 3.15. The summed E-state index contributed by atoms with van der Waals surface area (Å²) in [5.41, 5.74) is -1.47. The first kappa shape index (κ1) is 12.6. The molecule has 0 radical (unpaired) electrons. The average molecular weight is 245 g/mol. The van der Waals surface area contributed by atoms with Crippen molar-refractivity contribution in [2.45, 2.75) is 13.8 Å². The third kappa shape index (κ3) is 2.22. The first-order valence-corrected chi connectivity index (χ1v) is 4.88. The maximum atomic E-state index is 12.9. The zero-order valence-corrected chi connectivity index (χ0v) is 9.51. The smallest absolute Gasteiger partial charge is 0.316 e. The maximum absolute atomic E-state index is 12.9. The Morgan fingerprint density at radius 2 is 1.94 bits per heavy atom. The molecular formula is C11H10ClFO3. The number of carboxylic acid groups (broad SMARTS) is 1. The molecule has 0 saturated heterocycles. The molecule has 16 heavy (non-hydrogen) atoms. The van der Waals surface area contributed by atoms with Crippen molar-refractivity contribution in [1.29, 1.82) is 0 Å². The summed E-state index contributed by atoms with van der Waals surface area (Å²) in [5.74, 6) is -2.49. The molecule has 1 N–H and O–H groups in total. The van der Waals surface area contributed by atoms with Gasteiger partial charge in [0.15, 0.2) is 5.78 Å². The van der Waals surface area contributed by atoms with Crippen molar-refractivity contribution in [1.82, 2.24) is 0 Å². The van der Waals surface area contributed by atoms with Crippen LogP contribution in [0.25, 0.3) is 0 Å². The normalized spacial score (nSPS) is 11.2. The number of hydrogen-bond acceptors (Lipinski definition) is 2. The largest absolute Gasteiger partial charge is 0.481 e. The Hall–Kier alpha value is -1.42. The van der Waals surface area contributed by atoms with Gasteiger partial charge in [-0.15, -0.1) is 0 Å². The van der Waals surface area contributed by atoms with Gasteiger partial charge in [0, 0.05) is 5.56 Å². The Labute approximate surface area is 96.8 Å². The summed E-state index contributed by atoms with van der Waals surface area (Å²) in [6.07, 6.45) is 0. The van der Waals surface area contributed by atoms with Gasteiger partial charge in [0.05, 0.1) is 5.02 Å². The molecule has 0 aromatic heterocycles. The Morgan fingerprint density at radius 3 is 2.38 bits per heavy atom. The van der Waals surface area contributed by atoms with Gasteiger partial charge in [0.1, 0.15) is 11.2 Å². The van der Waals surface area contributed by atoms with E-state index in [2.05, 4.69) is 0 Å². The summed E-state index contributed by atoms with van der Waals surface area (Å²) in [6, 6.07) is 3.38. The number of aliphatic carboxylic acids is 1. The average Bonchev–Trinajstić information content (AvgIpc) is 2.20. The van der Waals surface area contributed by atoms with E-state index < -0.39 is 23.0 Å². The van der Waals surface area contributed by atoms with E-state index in [1.807, 2.05) is 0 Å². The fourth-order valence-corrected chi connectivity index (χ4v) is 1.28. The van der Waals surface area contributed by atoms with Crippen molar-refractivity contribution in [3.8, 4) is 0 Å². The van der Waals surface area contributed by atoms with Crippen LogP contribution >= 0.6 is 11.6 Å². The van der Waals surface area contributed by atoms with Gasteiger partial charge >= 0.3 is 5.97 Å². The van der Waals surface area contributed by atoms with Crippen LogP contribution in [0.15, 0.2) is 18.2 Å². The second-order valence-electron chi connectivity index (χ2n) is 3.89. The summed E-state index contributed by atoms with van der Waals surface area (Å²) in [4.78, 5) is 22.7. The molecule has 0 saturated carbocycles. The third-order valence-corrected chi connectivity index (χ3v) is 2.57. The fraction of sp³-hybridized carbons (Fsp3) is 0.273. The highest BCUT2D eigenvalue weighted by Gasteiger charge is 2.36. The molecule has 86 valence electrons. The molecule has 0 aliphatic carbocycles. The van der Waals surface area contributed by atoms with Crippen LogP contribution in [-0.2, 0) is 4.79 Å². The summed E-state index contributed by atoms with van der Waals surface area (Å²) < 4.78 is 12.9. The number of benzene rings is 1. The first-order valence-electron chi connectivity index (χ1n) is 4.50. The van der Waals surface area contributed by atoms with Gasteiger partial charge in [-0.2, -0.15) is 0 Å². The zero-order chi connectivity index (χ0) is 12.5. The fourth-order valence-electron chi connectivity index (χ4n) is 1.10. The summed E-state index contributed by atoms with van der Waals surface area (Å²) in [5, 5.41) is 8.67. The molecule has 0 heterocycles. The van der Waals surface area contributed by atoms with Crippen molar-refractivity contribution in [2.75, 3.05) is 0 Å². The molecule has 5 heteroatoms. The molecule has 0 aliphatic rings. The van der Waals surface area contributed by atoms with E-state index >= 15 is 0 Å². The van der Waals surface area contributed by atoms with Crippen LogP contribution in [0, 0.1) is 11.2 Å². The second-order valence-corrected chi connectivity index (χ2v) is 4.30. The quantitative estimate of drug-likeness (QED) is 0.657. The van der Waals surface area contributed by atoms with E-state index in [0.29, 0.717) is 0 Å². The van der Waals surface area contributed by atoms with Crippen LogP contribution in [0.5, 0.6) is 0 Å². The summed E-state index contributed by atoms with van der Waals surface area (Å²) in [6.45, 7) is 2.57. The van der Waals surface area contributed by atoms with Crippen LogP contribution in [0.4, 0.5) is 4.39 Å². The van der Waals surface area contributed by atoms with E-state index in [0.717, 1.165) is 12.1 Å². The van der Waals surface area contributed by atoms with Crippen LogP contribution < -0.4 is 0 Å². The monoisotopic (exact) mass is 244 g/mol. The molecule has 1 aromatic carbocycles. The van der Waals surface area contributed by atoms with Gasteiger partial charge in [-0.1, -0.05) is 11.6 Å². The minimum Gasteiger partial charge on any atom is -0.481 e. The predicted octanol–water partition coefficient (Wildman–Crippen LogP) is 2.77. The molecule has 1 aromatic rings. The first-order chi connectivity index (χ1) is 7.26. The number of halogens is 2. The highest BCUT2D eigenvalue weighted by molar-refractivity contribution is 6.31. The summed E-state index contributed by atoms with van der Waals surface area (Å²) in [7, 11) is 0. The van der Waals surface area contributed by atoms with Crippen LogP contribution in [-0.4, -0.2) is 16.9 Å². The van der Waals surface area contributed by atoms with Gasteiger partial charge in [-0.25, -0.2) is 4.39 Å². The molecule has 0 amide bonds. The lowest BCUT2D eigenvalue weighted by molar-refractivity contribution is -0.144. The maximum Gasteiger partial charge on any atom is 0.316 e. The molecule has 1 rings (SSSR count). The Kier molecular flexibility index (Phi) is 3.33. The standard InChI is InChI=1S/C11H10ClFO3/c1-11(2,10(15)16)9(14)6-3-4-8(13)7(12)5-6/h3-5H,1-2H3,(H,15,16). The lowest BCUT2D eigenvalue weighted by Crippen LogP contribution is -2.33. The number of ketones is 1. The lowest BCUT2D eigenvalue weighted by Gasteiger charge is -2.17. The topological polar surface area (TPSA) is 54.4 Å². The van der Waals surface area contributed by atoms with Crippen LogP contribution in [0.2, 0.25) is 5.02 Å². The van der Waals surface area contributed by atoms with Crippen LogP contribution in [0.1, 0.15) is 24.2 Å². The van der Waals surface area contributed by atoms with Gasteiger partial charge in [0.25, 0.3) is 0 Å². The highest BCUT2D eigenvalue weighted by Crippen LogP contribution is 2.25. The van der Waals surface area contributed by atoms with Crippen molar-refractivity contribution in [3.63, 3.8) is 0 Å². The molecule has 0 bridgehead atoms. The molecule has 0 aliphatic heterocycles. The van der Waals surface area contributed by atoms with Crippen molar-refractivity contribution >= 4 is 23.4 Å². The number of Topliss-reactive ketones (excluding diaryl/α,β-unsaturated/α-hetero) is 1. The molecule has 0 unspecified atom stereocenters. The minimum atomic E-state index is -1.55. The molecular weight excluding hydrogens is 235 g/mol. The molecule has 0 fully saturated rings. The Morgan fingerprint density at radius 1 is 1.38 bits per heavy atom. The van der Waals surface area contributed by atoms with Crippen molar-refractivity contribution in [2.24, 2.45) is 5.41 Å². The lowest BCUT2D eigenvalue weighted by atomic mass is 9.84. The SMILES string of the molecule is CC(C)(C(=O)O)C(=O)c1ccc(F)c(Cl)c1. The number of carbonyl (C=O) groups excluding carboxylic acids is 1. The third-order valence-electron chi connectivity index (χ3n) is 2.28. The predicted molar refractivity (Wildman–Crippen MR) is 57.2 cm³/mol. The Bertz CT molecular complexity index is 455. The van der Waals surface area contributed by atoms with E-state index in [1.54, 1.807) is 0 Å². The number of carbonyl (C=O) groups is 2. The molecule has 0 spiro atoms. The van der Waals surface area contributed by atoms with Gasteiger partial charge in [0.2, 0.25) is 0 Å². The zero-order valence-electron chi connectivity index (χ0n) is 8.75. The van der Waals surface area contributed by atoms with Gasteiger partial charge < -0.3 is 5.11 Å². The van der Waals surface area contributed by atoms with E-state index in [4.69, 9.17) is 16.7 Å². The van der Waals surface area contributed by atoms with E-state index in [-0.39, 0.29) is 10.6 Å². The number of rotatable bonds is 3. The summed E-state index contributed by atoms with van der Waals surface area (Å²) >= 11 is 5.51. The minimum absolute atomic E-state index is 0.0822. The van der Waals surface area contributed by atoms with Crippen molar-refractivity contribution in [3.05, 3.63) is 34.6 Å². The number of carboxylic acids is 1. The van der Waals surface area contributed by atoms with Crippen molar-refractivity contribution < 1.29 is 19.1 Å². The van der Waals surface area contributed by atoms with E-state index in [9.17, 15) is 14.0 Å². The number of hydrogen-bond donors (Lipinski definition) is 1. The molecule has 0 atom stereocenters. The van der Waals surface area contributed by atoms with Gasteiger partial charge in [-0.3, -0.25) is 9.59 Å². The van der Waals surface area contributed by atoms with Crippen LogP contribution in [0.3, 0.4) is 0 Å². The second kappa shape index (κ2) is 4.22.